The molecule has 0 aliphatic heterocycles. The summed E-state index contributed by atoms with van der Waals surface area (Å²) in [6.07, 6.45) is 2.31. The van der Waals surface area contributed by atoms with Crippen molar-refractivity contribution < 1.29 is 22.3 Å². The monoisotopic (exact) mass is 263 g/mol. The third-order valence-electron chi connectivity index (χ3n) is 2.07. The molecule has 0 heterocycles. The molecule has 18 heavy (non-hydrogen) atoms. The Hall–Kier alpha value is -1.77. The number of benzene rings is 1. The normalized spacial score (nSPS) is 9.50. The lowest BCUT2D eigenvalue weighted by Crippen LogP contribution is -2.05. The lowest BCUT2D eigenvalue weighted by atomic mass is 10.2. The number of halogens is 4. The quantitative estimate of drug-likeness (QED) is 0.457. The van der Waals surface area contributed by atoms with E-state index in [0.29, 0.717) is 6.42 Å². The van der Waals surface area contributed by atoms with Gasteiger partial charge in [-0.2, -0.15) is 8.78 Å². The molecule has 0 aliphatic rings. The summed E-state index contributed by atoms with van der Waals surface area (Å²) in [5.74, 6) is -6.87. The number of nitriles is 1. The molecule has 1 aromatic carbocycles. The third-order valence-corrected chi connectivity index (χ3v) is 2.07. The van der Waals surface area contributed by atoms with E-state index >= 15 is 0 Å². The van der Waals surface area contributed by atoms with Crippen LogP contribution in [0.15, 0.2) is 6.07 Å². The highest BCUT2D eigenvalue weighted by molar-refractivity contribution is 5.28. The number of hydrogen-bond acceptors (Lipinski definition) is 2. The van der Waals surface area contributed by atoms with E-state index < -0.39 is 29.0 Å². The van der Waals surface area contributed by atoms with E-state index in [1.165, 1.54) is 0 Å². The molecule has 100 valence electrons. The zero-order chi connectivity index (χ0) is 14.1. The Bertz CT molecular complexity index is 381. The molecule has 0 amide bonds. The van der Waals surface area contributed by atoms with Crippen LogP contribution in [0.4, 0.5) is 17.6 Å². The van der Waals surface area contributed by atoms with Crippen molar-refractivity contribution in [2.75, 3.05) is 6.61 Å². The summed E-state index contributed by atoms with van der Waals surface area (Å²) in [4.78, 5) is 0. The van der Waals surface area contributed by atoms with E-state index in [-0.39, 0.29) is 12.7 Å². The van der Waals surface area contributed by atoms with Crippen LogP contribution >= 0.6 is 0 Å². The van der Waals surface area contributed by atoms with Crippen LogP contribution in [0.25, 0.3) is 0 Å². The zero-order valence-corrected chi connectivity index (χ0v) is 9.85. The minimum atomic E-state index is -1.49. The van der Waals surface area contributed by atoms with Crippen LogP contribution in [-0.2, 0) is 0 Å². The second kappa shape index (κ2) is 8.34. The molecule has 1 rings (SSSR count). The summed E-state index contributed by atoms with van der Waals surface area (Å²) < 4.78 is 56.3. The van der Waals surface area contributed by atoms with Gasteiger partial charge in [0.15, 0.2) is 17.4 Å². The van der Waals surface area contributed by atoms with E-state index in [2.05, 4.69) is 6.57 Å². The van der Waals surface area contributed by atoms with Crippen molar-refractivity contribution in [3.8, 4) is 12.3 Å². The lowest BCUT2D eigenvalue weighted by Gasteiger charge is -2.08. The molecular weight excluding hydrogens is 250 g/mol. The summed E-state index contributed by atoms with van der Waals surface area (Å²) in [7, 11) is 0. The van der Waals surface area contributed by atoms with E-state index in [4.69, 9.17) is 10.00 Å². The Balaban J connectivity index is 0.00000137. The Morgan fingerprint density at radius 3 is 2.00 bits per heavy atom. The minimum Gasteiger partial charge on any atom is -0.487 e. The first-order valence-electron chi connectivity index (χ1n) is 5.29. The largest absolute Gasteiger partial charge is 0.487 e. The Labute approximate surface area is 103 Å². The molecular formula is C12H13F4NO. The van der Waals surface area contributed by atoms with Crippen molar-refractivity contribution in [2.24, 2.45) is 0 Å². The maximum atomic E-state index is 13.0. The second-order valence-corrected chi connectivity index (χ2v) is 3.35. The Morgan fingerprint density at radius 1 is 1.06 bits per heavy atom. The average Bonchev–Trinajstić information content (AvgIpc) is 2.38. The molecule has 0 fully saturated rings. The Kier molecular flexibility index (Phi) is 7.52. The van der Waals surface area contributed by atoms with E-state index in [1.54, 1.807) is 0 Å². The van der Waals surface area contributed by atoms with E-state index in [9.17, 15) is 17.6 Å². The van der Waals surface area contributed by atoms with Crippen molar-refractivity contribution in [1.82, 2.24) is 0 Å². The molecule has 0 N–H and O–H groups in total. The van der Waals surface area contributed by atoms with Crippen LogP contribution in [0, 0.1) is 35.1 Å². The fourth-order valence-corrected chi connectivity index (χ4v) is 1.20. The van der Waals surface area contributed by atoms with Crippen LogP contribution in [0.2, 0.25) is 0 Å². The molecule has 0 aromatic heterocycles. The molecule has 0 saturated carbocycles. The number of unbranched alkanes of at least 4 members (excludes halogenated alkanes) is 2. The van der Waals surface area contributed by atoms with Gasteiger partial charge in [0.1, 0.15) is 0 Å². The minimum absolute atomic E-state index is 0.0323. The van der Waals surface area contributed by atoms with Gasteiger partial charge in [-0.15, -0.1) is 0 Å². The maximum Gasteiger partial charge on any atom is 0.203 e. The lowest BCUT2D eigenvalue weighted by molar-refractivity contribution is 0.264. The number of rotatable bonds is 5. The molecule has 0 atom stereocenters. The standard InChI is InChI=1S/C11H12F4O.CHN/c1-2-3-4-5-16-11-9(14)7(12)6-8(13)10(11)15;1-2/h6H,2-5H2,1H3;1H. The fraction of sp³-hybridized carbons (Fsp3) is 0.417. The smallest absolute Gasteiger partial charge is 0.203 e. The van der Waals surface area contributed by atoms with Crippen LogP contribution < -0.4 is 4.74 Å². The van der Waals surface area contributed by atoms with Gasteiger partial charge in [-0.25, -0.2) is 14.0 Å². The van der Waals surface area contributed by atoms with Gasteiger partial charge in [0.05, 0.1) is 6.61 Å². The highest BCUT2D eigenvalue weighted by Gasteiger charge is 2.20. The summed E-state index contributed by atoms with van der Waals surface area (Å²) in [6.45, 7) is 5.48. The van der Waals surface area contributed by atoms with Gasteiger partial charge < -0.3 is 4.74 Å². The number of ether oxygens (including phenoxy) is 1. The highest BCUT2D eigenvalue weighted by atomic mass is 19.2. The van der Waals surface area contributed by atoms with Crippen LogP contribution in [0.5, 0.6) is 5.75 Å². The highest BCUT2D eigenvalue weighted by Crippen LogP contribution is 2.26. The SMILES string of the molecule is C#N.CCCCCOc1c(F)c(F)cc(F)c1F. The predicted molar refractivity (Wildman–Crippen MR) is 58.0 cm³/mol. The van der Waals surface area contributed by atoms with Gasteiger partial charge in [0.25, 0.3) is 0 Å². The molecule has 2 nitrogen and oxygen atoms in total. The topological polar surface area (TPSA) is 33.0 Å². The van der Waals surface area contributed by atoms with Crippen molar-refractivity contribution in [3.05, 3.63) is 29.3 Å². The molecule has 0 bridgehead atoms. The first-order chi connectivity index (χ1) is 8.57. The zero-order valence-electron chi connectivity index (χ0n) is 9.85. The average molecular weight is 263 g/mol. The second-order valence-electron chi connectivity index (χ2n) is 3.35. The van der Waals surface area contributed by atoms with Crippen LogP contribution in [0.1, 0.15) is 26.2 Å². The first kappa shape index (κ1) is 16.2. The Morgan fingerprint density at radius 2 is 1.56 bits per heavy atom. The van der Waals surface area contributed by atoms with Gasteiger partial charge in [-0.3, -0.25) is 0 Å². The van der Waals surface area contributed by atoms with Crippen molar-refractivity contribution in [2.45, 2.75) is 26.2 Å². The molecule has 1 aromatic rings. The summed E-state index contributed by atoms with van der Waals surface area (Å²) in [5.41, 5.74) is 0. The number of hydrogen-bond donors (Lipinski definition) is 0. The van der Waals surface area contributed by atoms with Crippen molar-refractivity contribution in [3.63, 3.8) is 0 Å². The number of nitrogens with zero attached hydrogens (tertiary/aromatic N) is 1. The van der Waals surface area contributed by atoms with Crippen LogP contribution in [-0.4, -0.2) is 6.61 Å². The third kappa shape index (κ3) is 4.24. The molecule has 0 radical (unpaired) electrons. The predicted octanol–water partition coefficient (Wildman–Crippen LogP) is 3.95. The van der Waals surface area contributed by atoms with Crippen molar-refractivity contribution >= 4 is 0 Å². The molecule has 6 heteroatoms. The molecule has 0 aliphatic carbocycles. The maximum absolute atomic E-state index is 13.0. The summed E-state index contributed by atoms with van der Waals surface area (Å²) >= 11 is 0. The molecule has 0 saturated heterocycles. The molecule has 0 spiro atoms. The summed E-state index contributed by atoms with van der Waals surface area (Å²) in [6, 6.07) is 0.156. The van der Waals surface area contributed by atoms with Crippen LogP contribution in [0.3, 0.4) is 0 Å². The van der Waals surface area contributed by atoms with Gasteiger partial charge in [-0.05, 0) is 6.42 Å². The first-order valence-corrected chi connectivity index (χ1v) is 5.29. The van der Waals surface area contributed by atoms with Gasteiger partial charge >= 0.3 is 0 Å². The fourth-order valence-electron chi connectivity index (χ4n) is 1.20. The summed E-state index contributed by atoms with van der Waals surface area (Å²) in [5, 5.41) is 6.50. The molecule has 0 unspecified atom stereocenters. The van der Waals surface area contributed by atoms with Gasteiger partial charge in [0.2, 0.25) is 11.6 Å². The van der Waals surface area contributed by atoms with Gasteiger partial charge in [0, 0.05) is 12.6 Å². The van der Waals surface area contributed by atoms with E-state index in [0.717, 1.165) is 12.8 Å². The van der Waals surface area contributed by atoms with Gasteiger partial charge in [-0.1, -0.05) is 19.8 Å². The van der Waals surface area contributed by atoms with Crippen molar-refractivity contribution in [1.29, 1.82) is 5.26 Å². The van der Waals surface area contributed by atoms with E-state index in [1.807, 2.05) is 6.92 Å².